The second-order valence-electron chi connectivity index (χ2n) is 6.11. The molecule has 0 aromatic heterocycles. The van der Waals surface area contributed by atoms with E-state index in [-0.39, 0.29) is 5.91 Å². The van der Waals surface area contributed by atoms with Crippen LogP contribution < -0.4 is 10.6 Å². The molecule has 6 heteroatoms. The molecule has 0 saturated carbocycles. The number of nitrogens with one attached hydrogen (secondary N) is 2. The smallest absolute Gasteiger partial charge is 0.411 e. The minimum atomic E-state index is -0.512. The Kier molecular flexibility index (Phi) is 7.17. The molecule has 0 spiro atoms. The highest BCUT2D eigenvalue weighted by Crippen LogP contribution is 2.12. The minimum Gasteiger partial charge on any atom is -0.450 e. The van der Waals surface area contributed by atoms with Gasteiger partial charge in [-0.1, -0.05) is 24.3 Å². The van der Waals surface area contributed by atoms with Crippen molar-refractivity contribution in [3.8, 4) is 0 Å². The summed E-state index contributed by atoms with van der Waals surface area (Å²) in [4.78, 5) is 25.8. The van der Waals surface area contributed by atoms with Gasteiger partial charge in [0.2, 0.25) is 0 Å². The van der Waals surface area contributed by atoms with E-state index in [0.29, 0.717) is 24.4 Å². The molecule has 0 aliphatic rings. The van der Waals surface area contributed by atoms with Crippen molar-refractivity contribution < 1.29 is 14.3 Å². The van der Waals surface area contributed by atoms with Crippen LogP contribution in [-0.2, 0) is 17.8 Å². The van der Waals surface area contributed by atoms with E-state index in [2.05, 4.69) is 21.6 Å². The molecule has 0 saturated heterocycles. The minimum absolute atomic E-state index is 0.160. The lowest BCUT2D eigenvalue weighted by Gasteiger charge is -2.14. The van der Waals surface area contributed by atoms with Gasteiger partial charge in [-0.3, -0.25) is 10.1 Å². The number of hydrogen-bond acceptors (Lipinski definition) is 4. The molecule has 0 bridgehead atoms. The fraction of sp³-hybridized carbons (Fsp3) is 0.300. The molecular formula is C20H25N3O3. The van der Waals surface area contributed by atoms with Gasteiger partial charge < -0.3 is 15.0 Å². The number of nitrogens with zero attached hydrogens (tertiary/aromatic N) is 1. The average Bonchev–Trinajstić information content (AvgIpc) is 2.61. The number of rotatable bonds is 7. The van der Waals surface area contributed by atoms with E-state index >= 15 is 0 Å². The van der Waals surface area contributed by atoms with Crippen molar-refractivity contribution in [1.29, 1.82) is 0 Å². The zero-order valence-corrected chi connectivity index (χ0v) is 15.4. The molecule has 2 amide bonds. The lowest BCUT2D eigenvalue weighted by atomic mass is 10.1. The molecule has 2 N–H and O–H groups in total. The monoisotopic (exact) mass is 355 g/mol. The van der Waals surface area contributed by atoms with Gasteiger partial charge in [0.05, 0.1) is 6.61 Å². The van der Waals surface area contributed by atoms with Crippen LogP contribution in [0, 0.1) is 0 Å². The SMILES string of the molecule is CCOC(=O)Nc1ccc(C(=O)NCc2ccccc2CN(C)C)cc1. The molecule has 2 rings (SSSR count). The Morgan fingerprint density at radius 1 is 1.00 bits per heavy atom. The van der Waals surface area contributed by atoms with Crippen LogP contribution in [0.1, 0.15) is 28.4 Å². The number of ether oxygens (including phenoxy) is 1. The van der Waals surface area contributed by atoms with Crippen LogP contribution in [0.2, 0.25) is 0 Å². The fourth-order valence-corrected chi connectivity index (χ4v) is 2.49. The maximum absolute atomic E-state index is 12.4. The Morgan fingerprint density at radius 3 is 2.27 bits per heavy atom. The van der Waals surface area contributed by atoms with Crippen LogP contribution in [0.15, 0.2) is 48.5 Å². The molecule has 0 radical (unpaired) electrons. The fourth-order valence-electron chi connectivity index (χ4n) is 2.49. The number of carbonyl (C=O) groups is 2. The van der Waals surface area contributed by atoms with Crippen molar-refractivity contribution in [1.82, 2.24) is 10.2 Å². The third kappa shape index (κ3) is 5.89. The van der Waals surface area contributed by atoms with Gasteiger partial charge in [-0.15, -0.1) is 0 Å². The first kappa shape index (κ1) is 19.5. The molecular weight excluding hydrogens is 330 g/mol. The lowest BCUT2D eigenvalue weighted by Crippen LogP contribution is -2.24. The van der Waals surface area contributed by atoms with Crippen molar-refractivity contribution >= 4 is 17.7 Å². The molecule has 0 heterocycles. The number of benzene rings is 2. The van der Waals surface area contributed by atoms with E-state index in [1.165, 1.54) is 5.56 Å². The van der Waals surface area contributed by atoms with Crippen molar-refractivity contribution in [2.24, 2.45) is 0 Å². The van der Waals surface area contributed by atoms with E-state index in [1.807, 2.05) is 32.3 Å². The third-order valence-corrected chi connectivity index (χ3v) is 3.71. The van der Waals surface area contributed by atoms with Crippen molar-refractivity contribution in [3.63, 3.8) is 0 Å². The highest BCUT2D eigenvalue weighted by molar-refractivity contribution is 5.95. The van der Waals surface area contributed by atoms with Gasteiger partial charge in [-0.05, 0) is 56.4 Å². The van der Waals surface area contributed by atoms with Crippen molar-refractivity contribution in [3.05, 3.63) is 65.2 Å². The van der Waals surface area contributed by atoms with Crippen LogP contribution >= 0.6 is 0 Å². The van der Waals surface area contributed by atoms with E-state index in [0.717, 1.165) is 12.1 Å². The van der Waals surface area contributed by atoms with Crippen molar-refractivity contribution in [2.75, 3.05) is 26.0 Å². The predicted octanol–water partition coefficient (Wildman–Crippen LogP) is 3.25. The Bertz CT molecular complexity index is 742. The average molecular weight is 355 g/mol. The molecule has 138 valence electrons. The zero-order chi connectivity index (χ0) is 18.9. The summed E-state index contributed by atoms with van der Waals surface area (Å²) in [6.07, 6.45) is -0.512. The molecule has 2 aromatic carbocycles. The maximum Gasteiger partial charge on any atom is 0.411 e. The summed E-state index contributed by atoms with van der Waals surface area (Å²) in [6.45, 7) is 3.33. The van der Waals surface area contributed by atoms with Gasteiger partial charge in [0.15, 0.2) is 0 Å². The highest BCUT2D eigenvalue weighted by atomic mass is 16.5. The second-order valence-corrected chi connectivity index (χ2v) is 6.11. The number of carbonyl (C=O) groups excluding carboxylic acids is 2. The van der Waals surface area contributed by atoms with Crippen LogP contribution in [0.3, 0.4) is 0 Å². The summed E-state index contributed by atoms with van der Waals surface area (Å²) < 4.78 is 4.82. The summed E-state index contributed by atoms with van der Waals surface area (Å²) in [5, 5.41) is 5.53. The predicted molar refractivity (Wildman–Crippen MR) is 102 cm³/mol. The van der Waals surface area contributed by atoms with Crippen LogP contribution in [0.4, 0.5) is 10.5 Å². The molecule has 0 aliphatic heterocycles. The van der Waals surface area contributed by atoms with E-state index in [9.17, 15) is 9.59 Å². The highest BCUT2D eigenvalue weighted by Gasteiger charge is 2.09. The third-order valence-electron chi connectivity index (χ3n) is 3.71. The molecule has 6 nitrogen and oxygen atoms in total. The maximum atomic E-state index is 12.4. The molecule has 0 atom stereocenters. The van der Waals surface area contributed by atoms with Gasteiger partial charge in [-0.25, -0.2) is 4.79 Å². The Morgan fingerprint density at radius 2 is 1.65 bits per heavy atom. The Hall–Kier alpha value is -2.86. The van der Waals surface area contributed by atoms with Gasteiger partial charge in [-0.2, -0.15) is 0 Å². The summed E-state index contributed by atoms with van der Waals surface area (Å²) in [5.41, 5.74) is 3.39. The van der Waals surface area contributed by atoms with Crippen LogP contribution in [-0.4, -0.2) is 37.6 Å². The lowest BCUT2D eigenvalue weighted by molar-refractivity contribution is 0.0950. The van der Waals surface area contributed by atoms with Crippen LogP contribution in [0.5, 0.6) is 0 Å². The van der Waals surface area contributed by atoms with Crippen molar-refractivity contribution in [2.45, 2.75) is 20.0 Å². The van der Waals surface area contributed by atoms with Gasteiger partial charge in [0.25, 0.3) is 5.91 Å². The van der Waals surface area contributed by atoms with Gasteiger partial charge >= 0.3 is 6.09 Å². The first-order chi connectivity index (χ1) is 12.5. The quantitative estimate of drug-likeness (QED) is 0.800. The summed E-state index contributed by atoms with van der Waals surface area (Å²) in [6, 6.07) is 14.7. The molecule has 0 aliphatic carbocycles. The topological polar surface area (TPSA) is 70.7 Å². The largest absolute Gasteiger partial charge is 0.450 e. The van der Waals surface area contributed by atoms with E-state index in [4.69, 9.17) is 4.74 Å². The molecule has 2 aromatic rings. The Balaban J connectivity index is 1.95. The molecule has 26 heavy (non-hydrogen) atoms. The number of amides is 2. The Labute approximate surface area is 154 Å². The first-order valence-electron chi connectivity index (χ1n) is 8.53. The van der Waals surface area contributed by atoms with Crippen LogP contribution in [0.25, 0.3) is 0 Å². The normalized spacial score (nSPS) is 10.5. The summed E-state index contributed by atoms with van der Waals surface area (Å²) in [7, 11) is 4.03. The van der Waals surface area contributed by atoms with E-state index < -0.39 is 6.09 Å². The van der Waals surface area contributed by atoms with E-state index in [1.54, 1.807) is 31.2 Å². The summed E-state index contributed by atoms with van der Waals surface area (Å²) in [5.74, 6) is -0.160. The summed E-state index contributed by atoms with van der Waals surface area (Å²) >= 11 is 0. The zero-order valence-electron chi connectivity index (χ0n) is 15.4. The number of hydrogen-bond donors (Lipinski definition) is 2. The molecule has 0 fully saturated rings. The van der Waals surface area contributed by atoms with Gasteiger partial charge in [0.1, 0.15) is 0 Å². The van der Waals surface area contributed by atoms with Gasteiger partial charge in [0, 0.05) is 24.3 Å². The standard InChI is InChI=1S/C20H25N3O3/c1-4-26-20(25)22-18-11-9-15(10-12-18)19(24)21-13-16-7-5-6-8-17(16)14-23(2)3/h5-12H,4,13-14H2,1-3H3,(H,21,24)(H,22,25). The first-order valence-corrected chi connectivity index (χ1v) is 8.53. The number of anilines is 1. The second kappa shape index (κ2) is 9.58. The molecule has 0 unspecified atom stereocenters.